The third-order valence-electron chi connectivity index (χ3n) is 2.70. The second-order valence-corrected chi connectivity index (χ2v) is 4.45. The molecule has 0 amide bonds. The van der Waals surface area contributed by atoms with Crippen LogP contribution >= 0.6 is 11.6 Å². The van der Waals surface area contributed by atoms with Gasteiger partial charge in [0.15, 0.2) is 0 Å². The molecule has 1 heterocycles. The van der Waals surface area contributed by atoms with Crippen molar-refractivity contribution in [2.45, 2.75) is 20.0 Å². The van der Waals surface area contributed by atoms with Crippen molar-refractivity contribution in [1.82, 2.24) is 0 Å². The van der Waals surface area contributed by atoms with Crippen molar-refractivity contribution < 1.29 is 18.7 Å². The van der Waals surface area contributed by atoms with Crippen LogP contribution in [-0.2, 0) is 16.1 Å². The maximum absolute atomic E-state index is 11.5. The Kier molecular flexibility index (Phi) is 4.20. The first-order valence-corrected chi connectivity index (χ1v) is 6.31. The molecule has 0 atom stereocenters. The number of halogens is 1. The summed E-state index contributed by atoms with van der Waals surface area (Å²) in [6, 6.07) is 6.29. The van der Waals surface area contributed by atoms with Gasteiger partial charge in [-0.1, -0.05) is 13.0 Å². The van der Waals surface area contributed by atoms with Crippen LogP contribution in [0.5, 0.6) is 0 Å². The van der Waals surface area contributed by atoms with Crippen molar-refractivity contribution in [1.29, 1.82) is 0 Å². The molecule has 0 aliphatic heterocycles. The molecule has 20 heavy (non-hydrogen) atoms. The molecule has 0 fully saturated rings. The molecule has 0 spiro atoms. The minimum atomic E-state index is -0.872. The van der Waals surface area contributed by atoms with Crippen molar-refractivity contribution in [3.63, 3.8) is 0 Å². The summed E-state index contributed by atoms with van der Waals surface area (Å²) in [7, 11) is 0. The van der Waals surface area contributed by atoms with Gasteiger partial charge in [-0.05, 0) is 35.4 Å². The van der Waals surface area contributed by atoms with Gasteiger partial charge in [-0.2, -0.15) is 0 Å². The highest BCUT2D eigenvalue weighted by molar-refractivity contribution is 6.67. The largest absolute Gasteiger partial charge is 0.461 e. The fourth-order valence-electron chi connectivity index (χ4n) is 1.67. The second kappa shape index (κ2) is 5.88. The SMILES string of the molecule is CCC(=O)OCc1ccc2oc(=O)c(C(=O)Cl)cc2c1. The van der Waals surface area contributed by atoms with E-state index < -0.39 is 10.9 Å². The number of esters is 1. The topological polar surface area (TPSA) is 73.6 Å². The second-order valence-electron chi connectivity index (χ2n) is 4.11. The molecule has 0 radical (unpaired) electrons. The Hall–Kier alpha value is -2.14. The van der Waals surface area contributed by atoms with Gasteiger partial charge in [0.25, 0.3) is 5.24 Å². The van der Waals surface area contributed by atoms with Gasteiger partial charge >= 0.3 is 11.6 Å². The smallest absolute Gasteiger partial charge is 0.348 e. The van der Waals surface area contributed by atoms with Crippen LogP contribution in [0.15, 0.2) is 33.5 Å². The zero-order chi connectivity index (χ0) is 14.7. The van der Waals surface area contributed by atoms with E-state index in [-0.39, 0.29) is 18.1 Å². The van der Waals surface area contributed by atoms with E-state index in [1.54, 1.807) is 25.1 Å². The number of ether oxygens (including phenoxy) is 1. The van der Waals surface area contributed by atoms with Crippen LogP contribution in [0.2, 0.25) is 0 Å². The van der Waals surface area contributed by atoms with Crippen LogP contribution in [0.3, 0.4) is 0 Å². The minimum Gasteiger partial charge on any atom is -0.461 e. The molecule has 6 heteroatoms. The first kappa shape index (κ1) is 14.3. The Morgan fingerprint density at radius 1 is 1.30 bits per heavy atom. The molecular formula is C14H11ClO5. The summed E-state index contributed by atoms with van der Waals surface area (Å²) in [5.41, 5.74) is 0.0629. The van der Waals surface area contributed by atoms with E-state index in [9.17, 15) is 14.4 Å². The van der Waals surface area contributed by atoms with Crippen molar-refractivity contribution in [2.24, 2.45) is 0 Å². The average molecular weight is 295 g/mol. The van der Waals surface area contributed by atoms with Crippen LogP contribution < -0.4 is 5.63 Å². The lowest BCUT2D eigenvalue weighted by Crippen LogP contribution is -2.09. The van der Waals surface area contributed by atoms with E-state index in [0.29, 0.717) is 17.4 Å². The molecule has 0 aliphatic carbocycles. The number of carbonyl (C=O) groups excluding carboxylic acids is 2. The summed E-state index contributed by atoms with van der Waals surface area (Å²) < 4.78 is 9.99. The minimum absolute atomic E-state index is 0.117. The van der Waals surface area contributed by atoms with Crippen LogP contribution in [0.4, 0.5) is 0 Å². The highest BCUT2D eigenvalue weighted by Crippen LogP contribution is 2.17. The Labute approximate surface area is 119 Å². The highest BCUT2D eigenvalue weighted by atomic mass is 35.5. The van der Waals surface area contributed by atoms with Crippen molar-refractivity contribution in [2.75, 3.05) is 0 Å². The van der Waals surface area contributed by atoms with Gasteiger partial charge in [-0.15, -0.1) is 0 Å². The molecule has 0 bridgehead atoms. The molecule has 1 aromatic carbocycles. The van der Waals surface area contributed by atoms with Crippen molar-refractivity contribution >= 4 is 33.8 Å². The predicted molar refractivity (Wildman–Crippen MR) is 72.8 cm³/mol. The summed E-state index contributed by atoms with van der Waals surface area (Å²) in [4.78, 5) is 33.6. The number of rotatable bonds is 4. The summed E-state index contributed by atoms with van der Waals surface area (Å²) in [6.45, 7) is 1.82. The van der Waals surface area contributed by atoms with Crippen molar-refractivity contribution in [3.05, 3.63) is 45.8 Å². The summed E-state index contributed by atoms with van der Waals surface area (Å²) in [5.74, 6) is -0.304. The standard InChI is InChI=1S/C14H11ClO5/c1-2-12(16)19-7-8-3-4-11-9(5-8)6-10(13(15)17)14(18)20-11/h3-6H,2,7H2,1H3. The molecule has 1 aromatic heterocycles. The highest BCUT2D eigenvalue weighted by Gasteiger charge is 2.11. The Morgan fingerprint density at radius 2 is 2.05 bits per heavy atom. The monoisotopic (exact) mass is 294 g/mol. The molecule has 5 nitrogen and oxygen atoms in total. The van der Waals surface area contributed by atoms with Gasteiger partial charge < -0.3 is 9.15 Å². The number of hydrogen-bond donors (Lipinski definition) is 0. The Morgan fingerprint density at radius 3 is 2.70 bits per heavy atom. The zero-order valence-corrected chi connectivity index (χ0v) is 11.4. The lowest BCUT2D eigenvalue weighted by Gasteiger charge is -2.05. The van der Waals surface area contributed by atoms with Gasteiger partial charge in [-0.3, -0.25) is 9.59 Å². The fraction of sp³-hybridized carbons (Fsp3) is 0.214. The Balaban J connectivity index is 2.37. The van der Waals surface area contributed by atoms with Crippen LogP contribution in [0.1, 0.15) is 29.3 Å². The van der Waals surface area contributed by atoms with E-state index >= 15 is 0 Å². The fourth-order valence-corrected chi connectivity index (χ4v) is 1.80. The van der Waals surface area contributed by atoms with Gasteiger partial charge in [0, 0.05) is 11.8 Å². The van der Waals surface area contributed by atoms with E-state index in [1.807, 2.05) is 0 Å². The lowest BCUT2D eigenvalue weighted by molar-refractivity contribution is -0.144. The first-order valence-electron chi connectivity index (χ1n) is 5.93. The van der Waals surface area contributed by atoms with Crippen LogP contribution in [0, 0.1) is 0 Å². The van der Waals surface area contributed by atoms with Gasteiger partial charge in [0.1, 0.15) is 17.8 Å². The molecule has 0 aliphatic rings. The molecule has 0 saturated heterocycles. The average Bonchev–Trinajstić information content (AvgIpc) is 2.43. The molecule has 0 saturated carbocycles. The zero-order valence-electron chi connectivity index (χ0n) is 10.6. The lowest BCUT2D eigenvalue weighted by atomic mass is 10.1. The van der Waals surface area contributed by atoms with E-state index in [2.05, 4.69) is 0 Å². The molecule has 104 valence electrons. The van der Waals surface area contributed by atoms with Gasteiger partial charge in [0.05, 0.1) is 0 Å². The predicted octanol–water partition coefficient (Wildman–Crippen LogP) is 2.63. The third kappa shape index (κ3) is 3.05. The summed E-state index contributed by atoms with van der Waals surface area (Å²) in [5, 5.41) is -0.331. The normalized spacial score (nSPS) is 10.5. The van der Waals surface area contributed by atoms with E-state index in [0.717, 1.165) is 5.56 Å². The molecular weight excluding hydrogens is 284 g/mol. The van der Waals surface area contributed by atoms with Crippen LogP contribution in [-0.4, -0.2) is 11.2 Å². The van der Waals surface area contributed by atoms with Crippen molar-refractivity contribution in [3.8, 4) is 0 Å². The quantitative estimate of drug-likeness (QED) is 0.492. The van der Waals surface area contributed by atoms with Crippen LogP contribution in [0.25, 0.3) is 11.0 Å². The number of benzene rings is 1. The first-order chi connectivity index (χ1) is 9.51. The number of fused-ring (bicyclic) bond motifs is 1. The van der Waals surface area contributed by atoms with Gasteiger partial charge in [0.2, 0.25) is 0 Å². The third-order valence-corrected chi connectivity index (χ3v) is 2.90. The molecule has 2 rings (SSSR count). The number of hydrogen-bond acceptors (Lipinski definition) is 5. The summed E-state index contributed by atoms with van der Waals surface area (Å²) in [6.07, 6.45) is 0.299. The molecule has 0 N–H and O–H groups in total. The van der Waals surface area contributed by atoms with E-state index in [1.165, 1.54) is 6.07 Å². The maximum atomic E-state index is 11.5. The Bertz CT molecular complexity index is 732. The molecule has 2 aromatic rings. The molecule has 0 unspecified atom stereocenters. The number of carbonyl (C=O) groups is 2. The van der Waals surface area contributed by atoms with E-state index in [4.69, 9.17) is 20.8 Å². The van der Waals surface area contributed by atoms with Gasteiger partial charge in [-0.25, -0.2) is 4.79 Å². The summed E-state index contributed by atoms with van der Waals surface area (Å²) >= 11 is 5.30. The maximum Gasteiger partial charge on any atom is 0.348 e.